The molecular formula is C23H27FN2. The summed E-state index contributed by atoms with van der Waals surface area (Å²) < 4.78 is 13.5. The number of H-pyrrole nitrogens is 1. The summed E-state index contributed by atoms with van der Waals surface area (Å²) in [6.45, 7) is 3.39. The number of likely N-dealkylation sites (tertiary alicyclic amines) is 1. The number of rotatable bonds is 6. The summed E-state index contributed by atoms with van der Waals surface area (Å²) in [4.78, 5) is 5.93. The number of unbranched alkanes of at least 4 members (excludes halogenated alkanes) is 1. The van der Waals surface area contributed by atoms with Crippen molar-refractivity contribution in [3.63, 3.8) is 0 Å². The summed E-state index contributed by atoms with van der Waals surface area (Å²) in [7, 11) is 0. The van der Waals surface area contributed by atoms with Crippen molar-refractivity contribution in [2.24, 2.45) is 0 Å². The quantitative estimate of drug-likeness (QED) is 0.581. The third kappa shape index (κ3) is 3.99. The first-order valence-electron chi connectivity index (χ1n) is 9.82. The maximum Gasteiger partial charge on any atom is 0.123 e. The van der Waals surface area contributed by atoms with Gasteiger partial charge in [-0.05, 0) is 80.4 Å². The lowest BCUT2D eigenvalue weighted by Gasteiger charge is -2.33. The third-order valence-electron chi connectivity index (χ3n) is 5.67. The zero-order valence-corrected chi connectivity index (χ0v) is 15.3. The number of nitrogens with zero attached hydrogens (tertiary/aromatic N) is 1. The molecule has 0 amide bonds. The van der Waals surface area contributed by atoms with Gasteiger partial charge in [-0.15, -0.1) is 0 Å². The van der Waals surface area contributed by atoms with Crippen LogP contribution in [0.4, 0.5) is 4.39 Å². The van der Waals surface area contributed by atoms with Gasteiger partial charge in [0.2, 0.25) is 0 Å². The fraction of sp³-hybridized carbons (Fsp3) is 0.391. The third-order valence-corrected chi connectivity index (χ3v) is 5.67. The van der Waals surface area contributed by atoms with E-state index >= 15 is 0 Å². The molecule has 3 aromatic rings. The molecule has 1 aromatic heterocycles. The van der Waals surface area contributed by atoms with Crippen molar-refractivity contribution < 1.29 is 4.39 Å². The first kappa shape index (κ1) is 17.3. The standard InChI is InChI=1S/C23H27FN2/c24-21-10-5-8-18(15-21)20-9-6-14-26(17-20)13-4-3-7-19-16-25-23-12-2-1-11-22(19)23/h1-2,5,8,10-12,15-16,20,25H,3-4,6-7,9,13-14,17H2. The summed E-state index contributed by atoms with van der Waals surface area (Å²) in [5.74, 6) is 0.367. The maximum atomic E-state index is 13.5. The van der Waals surface area contributed by atoms with Crippen molar-refractivity contribution in [1.82, 2.24) is 9.88 Å². The minimum atomic E-state index is -0.113. The highest BCUT2D eigenvalue weighted by atomic mass is 19.1. The number of hydrogen-bond donors (Lipinski definition) is 1. The van der Waals surface area contributed by atoms with E-state index in [0.717, 1.165) is 25.1 Å². The number of fused-ring (bicyclic) bond motifs is 1. The highest BCUT2D eigenvalue weighted by Gasteiger charge is 2.21. The van der Waals surface area contributed by atoms with Gasteiger partial charge in [0.1, 0.15) is 5.82 Å². The van der Waals surface area contributed by atoms with Gasteiger partial charge in [-0.25, -0.2) is 4.39 Å². The SMILES string of the molecule is Fc1cccc(C2CCCN(CCCCc3c[nH]c4ccccc34)C2)c1. The van der Waals surface area contributed by atoms with E-state index in [1.165, 1.54) is 54.8 Å². The number of aryl methyl sites for hydroxylation is 1. The second-order valence-corrected chi connectivity index (χ2v) is 7.51. The maximum absolute atomic E-state index is 13.5. The molecule has 2 aromatic carbocycles. The largest absolute Gasteiger partial charge is 0.361 e. The Balaban J connectivity index is 1.27. The topological polar surface area (TPSA) is 19.0 Å². The number of nitrogens with one attached hydrogen (secondary N) is 1. The minimum absolute atomic E-state index is 0.113. The molecule has 136 valence electrons. The second-order valence-electron chi connectivity index (χ2n) is 7.51. The van der Waals surface area contributed by atoms with E-state index in [1.54, 1.807) is 6.07 Å². The minimum Gasteiger partial charge on any atom is -0.361 e. The van der Waals surface area contributed by atoms with Crippen molar-refractivity contribution in [1.29, 1.82) is 0 Å². The lowest BCUT2D eigenvalue weighted by molar-refractivity contribution is 0.204. The first-order chi connectivity index (χ1) is 12.8. The van der Waals surface area contributed by atoms with Crippen LogP contribution in [0.3, 0.4) is 0 Å². The molecule has 1 unspecified atom stereocenters. The Morgan fingerprint density at radius 1 is 1.08 bits per heavy atom. The fourth-order valence-electron chi connectivity index (χ4n) is 4.28. The van der Waals surface area contributed by atoms with Gasteiger partial charge in [-0.3, -0.25) is 0 Å². The number of aromatic nitrogens is 1. The summed E-state index contributed by atoms with van der Waals surface area (Å²) in [6.07, 6.45) is 8.11. The van der Waals surface area contributed by atoms with Gasteiger partial charge in [0.05, 0.1) is 0 Å². The molecule has 1 N–H and O–H groups in total. The number of aromatic amines is 1. The van der Waals surface area contributed by atoms with Crippen LogP contribution in [0.15, 0.2) is 54.7 Å². The number of benzene rings is 2. The number of para-hydroxylation sites is 1. The van der Waals surface area contributed by atoms with Crippen LogP contribution < -0.4 is 0 Å². The van der Waals surface area contributed by atoms with Crippen molar-refractivity contribution in [3.05, 3.63) is 71.7 Å². The summed E-state index contributed by atoms with van der Waals surface area (Å²) >= 11 is 0. The first-order valence-corrected chi connectivity index (χ1v) is 9.82. The van der Waals surface area contributed by atoms with Crippen LogP contribution in [0.25, 0.3) is 10.9 Å². The van der Waals surface area contributed by atoms with E-state index < -0.39 is 0 Å². The average molecular weight is 350 g/mol. The van der Waals surface area contributed by atoms with Crippen LogP contribution in [-0.2, 0) is 6.42 Å². The number of piperidine rings is 1. The van der Waals surface area contributed by atoms with E-state index in [0.29, 0.717) is 5.92 Å². The van der Waals surface area contributed by atoms with Crippen molar-refractivity contribution in [2.45, 2.75) is 38.0 Å². The van der Waals surface area contributed by atoms with E-state index in [4.69, 9.17) is 0 Å². The Labute approximate surface area is 155 Å². The summed E-state index contributed by atoms with van der Waals surface area (Å²) in [6, 6.07) is 15.7. The summed E-state index contributed by atoms with van der Waals surface area (Å²) in [5, 5.41) is 1.36. The van der Waals surface area contributed by atoms with Crippen LogP contribution in [-0.4, -0.2) is 29.5 Å². The van der Waals surface area contributed by atoms with E-state index in [-0.39, 0.29) is 5.82 Å². The smallest absolute Gasteiger partial charge is 0.123 e. The van der Waals surface area contributed by atoms with Crippen LogP contribution in [0.5, 0.6) is 0 Å². The van der Waals surface area contributed by atoms with Crippen LogP contribution in [0, 0.1) is 5.82 Å². The Hall–Kier alpha value is -2.13. The Morgan fingerprint density at radius 2 is 2.00 bits per heavy atom. The molecule has 0 radical (unpaired) electrons. The highest BCUT2D eigenvalue weighted by Crippen LogP contribution is 2.27. The van der Waals surface area contributed by atoms with Gasteiger partial charge in [0.25, 0.3) is 0 Å². The Bertz CT molecular complexity index is 854. The van der Waals surface area contributed by atoms with Gasteiger partial charge >= 0.3 is 0 Å². The Morgan fingerprint density at radius 3 is 2.92 bits per heavy atom. The Kier molecular flexibility index (Phi) is 5.35. The monoisotopic (exact) mass is 350 g/mol. The molecule has 1 aliphatic heterocycles. The van der Waals surface area contributed by atoms with Crippen molar-refractivity contribution in [3.8, 4) is 0 Å². The molecule has 2 nitrogen and oxygen atoms in total. The predicted molar refractivity (Wildman–Crippen MR) is 106 cm³/mol. The van der Waals surface area contributed by atoms with E-state index in [9.17, 15) is 4.39 Å². The van der Waals surface area contributed by atoms with Gasteiger partial charge in [-0.1, -0.05) is 30.3 Å². The van der Waals surface area contributed by atoms with Crippen molar-refractivity contribution in [2.75, 3.05) is 19.6 Å². The van der Waals surface area contributed by atoms with Crippen LogP contribution >= 0.6 is 0 Å². The normalized spacial score (nSPS) is 18.4. The second kappa shape index (κ2) is 8.05. The number of hydrogen-bond acceptors (Lipinski definition) is 1. The fourth-order valence-corrected chi connectivity index (χ4v) is 4.28. The molecular weight excluding hydrogens is 323 g/mol. The van der Waals surface area contributed by atoms with Gasteiger partial charge in [0, 0.05) is 23.6 Å². The molecule has 1 aliphatic rings. The van der Waals surface area contributed by atoms with Crippen molar-refractivity contribution >= 4 is 10.9 Å². The lowest BCUT2D eigenvalue weighted by atomic mass is 9.90. The van der Waals surface area contributed by atoms with Crippen LogP contribution in [0.1, 0.15) is 42.7 Å². The molecule has 1 fully saturated rings. The van der Waals surface area contributed by atoms with Crippen LogP contribution in [0.2, 0.25) is 0 Å². The summed E-state index contributed by atoms with van der Waals surface area (Å²) in [5.41, 5.74) is 3.82. The molecule has 26 heavy (non-hydrogen) atoms. The zero-order valence-electron chi connectivity index (χ0n) is 15.3. The molecule has 0 saturated carbocycles. The number of halogens is 1. The molecule has 1 saturated heterocycles. The predicted octanol–water partition coefficient (Wildman–Crippen LogP) is 5.51. The molecule has 0 bridgehead atoms. The van der Waals surface area contributed by atoms with E-state index in [1.807, 2.05) is 6.07 Å². The van der Waals surface area contributed by atoms with Gasteiger partial charge in [-0.2, -0.15) is 0 Å². The molecule has 4 rings (SSSR count). The lowest BCUT2D eigenvalue weighted by Crippen LogP contribution is -2.35. The molecule has 1 atom stereocenters. The zero-order chi connectivity index (χ0) is 17.8. The molecule has 0 aliphatic carbocycles. The average Bonchev–Trinajstić information content (AvgIpc) is 3.09. The highest BCUT2D eigenvalue weighted by molar-refractivity contribution is 5.82. The van der Waals surface area contributed by atoms with Gasteiger partial charge in [0.15, 0.2) is 0 Å². The van der Waals surface area contributed by atoms with E-state index in [2.05, 4.69) is 46.4 Å². The molecule has 3 heteroatoms. The molecule has 2 heterocycles. The molecule has 0 spiro atoms. The van der Waals surface area contributed by atoms with Gasteiger partial charge < -0.3 is 9.88 Å².